The average molecular weight is 336 g/mol. The number of methoxy groups -OCH3 is 1. The lowest BCUT2D eigenvalue weighted by molar-refractivity contribution is -0.138. The van der Waals surface area contributed by atoms with Crippen LogP contribution in [0.2, 0.25) is 0 Å². The Morgan fingerprint density at radius 1 is 1.42 bits per heavy atom. The van der Waals surface area contributed by atoms with Gasteiger partial charge in [-0.3, -0.25) is 14.3 Å². The SMILES string of the molecule is CCn1nc(C)c(CNC(=O)[C@@H]2CCC(=O)N(CCOC)C2)c1C. The second kappa shape index (κ2) is 8.28. The van der Waals surface area contributed by atoms with Crippen LogP contribution in [0.3, 0.4) is 0 Å². The Morgan fingerprint density at radius 2 is 2.17 bits per heavy atom. The third kappa shape index (κ3) is 4.14. The minimum absolute atomic E-state index is 0.00738. The topological polar surface area (TPSA) is 76.5 Å². The van der Waals surface area contributed by atoms with Gasteiger partial charge in [0.1, 0.15) is 0 Å². The number of carbonyl (C=O) groups is 2. The monoisotopic (exact) mass is 336 g/mol. The summed E-state index contributed by atoms with van der Waals surface area (Å²) in [6.45, 7) is 8.85. The molecule has 1 aliphatic heterocycles. The summed E-state index contributed by atoms with van der Waals surface area (Å²) in [5, 5.41) is 7.49. The second-order valence-electron chi connectivity index (χ2n) is 6.25. The molecule has 1 aliphatic rings. The van der Waals surface area contributed by atoms with E-state index in [-0.39, 0.29) is 17.7 Å². The van der Waals surface area contributed by atoms with Gasteiger partial charge in [0.25, 0.3) is 0 Å². The molecule has 134 valence electrons. The summed E-state index contributed by atoms with van der Waals surface area (Å²) in [5.41, 5.74) is 3.12. The molecule has 1 atom stereocenters. The number of aryl methyl sites for hydroxylation is 2. The van der Waals surface area contributed by atoms with Gasteiger partial charge in [-0.1, -0.05) is 0 Å². The number of hydrogen-bond acceptors (Lipinski definition) is 4. The largest absolute Gasteiger partial charge is 0.383 e. The first-order valence-corrected chi connectivity index (χ1v) is 8.55. The molecule has 24 heavy (non-hydrogen) atoms. The number of aromatic nitrogens is 2. The molecule has 0 spiro atoms. The molecule has 0 aliphatic carbocycles. The van der Waals surface area contributed by atoms with E-state index in [1.165, 1.54) is 0 Å². The van der Waals surface area contributed by atoms with Gasteiger partial charge in [-0.25, -0.2) is 0 Å². The molecule has 0 aromatic carbocycles. The maximum atomic E-state index is 12.5. The molecule has 1 fully saturated rings. The van der Waals surface area contributed by atoms with Crippen LogP contribution in [0.4, 0.5) is 0 Å². The molecular weight excluding hydrogens is 308 g/mol. The molecule has 1 saturated heterocycles. The minimum atomic E-state index is -0.151. The highest BCUT2D eigenvalue weighted by Crippen LogP contribution is 2.18. The van der Waals surface area contributed by atoms with Crippen molar-refractivity contribution in [1.82, 2.24) is 20.0 Å². The van der Waals surface area contributed by atoms with Gasteiger partial charge in [0.05, 0.1) is 18.2 Å². The molecule has 0 saturated carbocycles. The van der Waals surface area contributed by atoms with Crippen LogP contribution in [0.15, 0.2) is 0 Å². The molecule has 2 amide bonds. The Bertz CT molecular complexity index is 597. The van der Waals surface area contributed by atoms with Crippen molar-refractivity contribution in [1.29, 1.82) is 0 Å². The van der Waals surface area contributed by atoms with E-state index in [0.29, 0.717) is 39.1 Å². The number of nitrogens with one attached hydrogen (secondary N) is 1. The van der Waals surface area contributed by atoms with Crippen molar-refractivity contribution in [2.24, 2.45) is 5.92 Å². The van der Waals surface area contributed by atoms with Crippen molar-refractivity contribution < 1.29 is 14.3 Å². The van der Waals surface area contributed by atoms with Crippen LogP contribution in [0.5, 0.6) is 0 Å². The molecule has 1 N–H and O–H groups in total. The smallest absolute Gasteiger partial charge is 0.225 e. The molecule has 0 unspecified atom stereocenters. The van der Waals surface area contributed by atoms with Crippen LogP contribution >= 0.6 is 0 Å². The van der Waals surface area contributed by atoms with Crippen LogP contribution < -0.4 is 5.32 Å². The van der Waals surface area contributed by atoms with Crippen LogP contribution in [-0.4, -0.2) is 53.3 Å². The van der Waals surface area contributed by atoms with E-state index in [2.05, 4.69) is 17.3 Å². The van der Waals surface area contributed by atoms with E-state index in [1.54, 1.807) is 12.0 Å². The van der Waals surface area contributed by atoms with E-state index in [0.717, 1.165) is 23.5 Å². The van der Waals surface area contributed by atoms with Crippen LogP contribution in [0.1, 0.15) is 36.7 Å². The number of likely N-dealkylation sites (tertiary alicyclic amines) is 1. The van der Waals surface area contributed by atoms with Gasteiger partial charge >= 0.3 is 0 Å². The molecule has 1 aromatic rings. The summed E-state index contributed by atoms with van der Waals surface area (Å²) in [5.74, 6) is -0.0404. The number of amides is 2. The minimum Gasteiger partial charge on any atom is -0.383 e. The summed E-state index contributed by atoms with van der Waals surface area (Å²) >= 11 is 0. The van der Waals surface area contributed by atoms with E-state index < -0.39 is 0 Å². The number of ether oxygens (including phenoxy) is 1. The zero-order chi connectivity index (χ0) is 17.7. The van der Waals surface area contributed by atoms with Crippen molar-refractivity contribution in [2.75, 3.05) is 26.8 Å². The molecule has 0 bridgehead atoms. The number of piperidine rings is 1. The quantitative estimate of drug-likeness (QED) is 0.806. The van der Waals surface area contributed by atoms with Crippen LogP contribution in [-0.2, 0) is 27.4 Å². The predicted octanol–water partition coefficient (Wildman–Crippen LogP) is 1.02. The van der Waals surface area contributed by atoms with Crippen LogP contribution in [0, 0.1) is 19.8 Å². The number of rotatable bonds is 7. The zero-order valence-electron chi connectivity index (χ0n) is 15.1. The van der Waals surface area contributed by atoms with Crippen molar-refractivity contribution in [3.05, 3.63) is 17.0 Å². The van der Waals surface area contributed by atoms with Gasteiger partial charge in [0.15, 0.2) is 0 Å². The van der Waals surface area contributed by atoms with E-state index in [9.17, 15) is 9.59 Å². The highest BCUT2D eigenvalue weighted by Gasteiger charge is 2.30. The highest BCUT2D eigenvalue weighted by atomic mass is 16.5. The van der Waals surface area contributed by atoms with Crippen molar-refractivity contribution >= 4 is 11.8 Å². The molecule has 2 rings (SSSR count). The normalized spacial score (nSPS) is 18.1. The van der Waals surface area contributed by atoms with Gasteiger partial charge in [-0.2, -0.15) is 5.10 Å². The fraction of sp³-hybridized carbons (Fsp3) is 0.706. The summed E-state index contributed by atoms with van der Waals surface area (Å²) in [7, 11) is 1.61. The Morgan fingerprint density at radius 3 is 2.79 bits per heavy atom. The lowest BCUT2D eigenvalue weighted by Crippen LogP contribution is -2.46. The first kappa shape index (κ1) is 18.4. The first-order valence-electron chi connectivity index (χ1n) is 8.55. The molecule has 7 heteroatoms. The van der Waals surface area contributed by atoms with Gasteiger partial charge in [0, 0.05) is 51.0 Å². The summed E-state index contributed by atoms with van der Waals surface area (Å²) in [4.78, 5) is 26.1. The number of hydrogen-bond donors (Lipinski definition) is 1. The van der Waals surface area contributed by atoms with Gasteiger partial charge in [0.2, 0.25) is 11.8 Å². The predicted molar refractivity (Wildman–Crippen MR) is 90.4 cm³/mol. The molecule has 0 radical (unpaired) electrons. The Hall–Kier alpha value is -1.89. The van der Waals surface area contributed by atoms with E-state index in [1.807, 2.05) is 18.5 Å². The lowest BCUT2D eigenvalue weighted by Gasteiger charge is -2.31. The second-order valence-corrected chi connectivity index (χ2v) is 6.25. The van der Waals surface area contributed by atoms with Gasteiger partial charge < -0.3 is 15.0 Å². The number of carbonyl (C=O) groups excluding carboxylic acids is 2. The molecule has 1 aromatic heterocycles. The third-order valence-corrected chi connectivity index (χ3v) is 4.71. The molecule has 2 heterocycles. The average Bonchev–Trinajstić information content (AvgIpc) is 2.85. The zero-order valence-corrected chi connectivity index (χ0v) is 15.1. The van der Waals surface area contributed by atoms with Gasteiger partial charge in [-0.15, -0.1) is 0 Å². The summed E-state index contributed by atoms with van der Waals surface area (Å²) < 4.78 is 6.98. The summed E-state index contributed by atoms with van der Waals surface area (Å²) in [6.07, 6.45) is 1.04. The van der Waals surface area contributed by atoms with Crippen molar-refractivity contribution in [3.8, 4) is 0 Å². The number of nitrogens with zero attached hydrogens (tertiary/aromatic N) is 3. The fourth-order valence-electron chi connectivity index (χ4n) is 3.16. The Balaban J connectivity index is 1.93. The maximum absolute atomic E-state index is 12.5. The molecule has 7 nitrogen and oxygen atoms in total. The summed E-state index contributed by atoms with van der Waals surface area (Å²) in [6, 6.07) is 0. The van der Waals surface area contributed by atoms with Crippen molar-refractivity contribution in [3.63, 3.8) is 0 Å². The maximum Gasteiger partial charge on any atom is 0.225 e. The highest BCUT2D eigenvalue weighted by molar-refractivity contribution is 5.83. The van der Waals surface area contributed by atoms with E-state index >= 15 is 0 Å². The standard InChI is InChI=1S/C17H28N4O3/c1-5-21-13(3)15(12(2)19-21)10-18-17(23)14-6-7-16(22)20(11-14)8-9-24-4/h14H,5-11H2,1-4H3,(H,18,23)/t14-/m1/s1. The van der Waals surface area contributed by atoms with E-state index in [4.69, 9.17) is 4.74 Å². The molecular formula is C17H28N4O3. The third-order valence-electron chi connectivity index (χ3n) is 4.71. The van der Waals surface area contributed by atoms with Crippen molar-refractivity contribution in [2.45, 2.75) is 46.7 Å². The Kier molecular flexibility index (Phi) is 6.36. The Labute approximate surface area is 143 Å². The van der Waals surface area contributed by atoms with Gasteiger partial charge in [-0.05, 0) is 27.2 Å². The first-order chi connectivity index (χ1) is 11.5. The fourth-order valence-corrected chi connectivity index (χ4v) is 3.16. The lowest BCUT2D eigenvalue weighted by atomic mass is 9.96. The van der Waals surface area contributed by atoms with Crippen LogP contribution in [0.25, 0.3) is 0 Å².